The van der Waals surface area contributed by atoms with E-state index in [2.05, 4.69) is 21.0 Å². The van der Waals surface area contributed by atoms with Crippen LogP contribution in [0.4, 0.5) is 0 Å². The van der Waals surface area contributed by atoms with Gasteiger partial charge < -0.3 is 19.1 Å². The van der Waals surface area contributed by atoms with Crippen LogP contribution in [-0.2, 0) is 9.53 Å². The summed E-state index contributed by atoms with van der Waals surface area (Å²) in [5, 5.41) is 9.85. The van der Waals surface area contributed by atoms with E-state index in [9.17, 15) is 9.90 Å². The Hall–Kier alpha value is -0.610. The third-order valence-corrected chi connectivity index (χ3v) is 2.52. The summed E-state index contributed by atoms with van der Waals surface area (Å²) in [6, 6.07) is 0. The van der Waals surface area contributed by atoms with E-state index in [1.165, 1.54) is 6.54 Å². The van der Waals surface area contributed by atoms with E-state index in [1.54, 1.807) is 0 Å². The highest BCUT2D eigenvalue weighted by Crippen LogP contribution is 2.03. The van der Waals surface area contributed by atoms with Crippen LogP contribution in [0, 0.1) is 0 Å². The van der Waals surface area contributed by atoms with Crippen LogP contribution >= 0.6 is 0 Å². The fourth-order valence-electron chi connectivity index (χ4n) is 1.38. The standard InChI is InChI=1S/C7H14O2.C5H12NO/c1-2-3-4-5-6-7(8)9;1-6(2)3-4-7-5-6/h2-6H2,1H3,(H,8,9);3-5H2,1-2H3/q;+1/p-1. The van der Waals surface area contributed by atoms with Crippen molar-refractivity contribution < 1.29 is 19.1 Å². The average Bonchev–Trinajstić information content (AvgIpc) is 2.58. The Kier molecular flexibility index (Phi) is 8.21. The SMILES string of the molecule is CCCCCCC(=O)[O-].C[N+]1(C)CCOC1. The van der Waals surface area contributed by atoms with Crippen LogP contribution in [0.2, 0.25) is 0 Å². The molecule has 0 bridgehead atoms. The number of carboxylic acids is 1. The largest absolute Gasteiger partial charge is 0.550 e. The van der Waals surface area contributed by atoms with Crippen molar-refractivity contribution in [1.29, 1.82) is 0 Å². The van der Waals surface area contributed by atoms with Gasteiger partial charge in [-0.1, -0.05) is 26.2 Å². The molecule has 96 valence electrons. The van der Waals surface area contributed by atoms with Crippen LogP contribution in [0.3, 0.4) is 0 Å². The molecular weight excluding hydrogens is 206 g/mol. The van der Waals surface area contributed by atoms with Gasteiger partial charge in [0.25, 0.3) is 0 Å². The van der Waals surface area contributed by atoms with Crippen molar-refractivity contribution in [2.75, 3.05) is 34.0 Å². The fraction of sp³-hybridized carbons (Fsp3) is 0.917. The molecule has 0 N–H and O–H groups in total. The normalized spacial score (nSPS) is 17.7. The highest BCUT2D eigenvalue weighted by molar-refractivity contribution is 5.63. The number of hydrogen-bond donors (Lipinski definition) is 0. The second-order valence-corrected chi connectivity index (χ2v) is 4.88. The summed E-state index contributed by atoms with van der Waals surface area (Å²) in [7, 11) is 4.35. The maximum Gasteiger partial charge on any atom is 0.183 e. The second-order valence-electron chi connectivity index (χ2n) is 4.88. The minimum atomic E-state index is -0.925. The molecular formula is C12H25NO3. The van der Waals surface area contributed by atoms with Crippen LogP contribution < -0.4 is 5.11 Å². The summed E-state index contributed by atoms with van der Waals surface area (Å²) in [4.78, 5) is 9.85. The van der Waals surface area contributed by atoms with E-state index in [0.29, 0.717) is 0 Å². The molecule has 4 nitrogen and oxygen atoms in total. The van der Waals surface area contributed by atoms with Gasteiger partial charge in [0.15, 0.2) is 6.73 Å². The number of nitrogens with zero attached hydrogens (tertiary/aromatic N) is 1. The van der Waals surface area contributed by atoms with E-state index in [4.69, 9.17) is 4.74 Å². The van der Waals surface area contributed by atoms with Crippen molar-refractivity contribution >= 4 is 5.97 Å². The molecule has 1 fully saturated rings. The van der Waals surface area contributed by atoms with Crippen molar-refractivity contribution in [3.05, 3.63) is 0 Å². The molecule has 0 aromatic carbocycles. The Labute approximate surface area is 98.8 Å². The molecule has 0 atom stereocenters. The smallest absolute Gasteiger partial charge is 0.183 e. The summed E-state index contributed by atoms with van der Waals surface area (Å²) < 4.78 is 6.16. The van der Waals surface area contributed by atoms with Crippen LogP contribution in [0.5, 0.6) is 0 Å². The zero-order chi connectivity index (χ0) is 12.4. The first-order valence-electron chi connectivity index (χ1n) is 6.07. The lowest BCUT2D eigenvalue weighted by Gasteiger charge is -2.19. The third-order valence-electron chi connectivity index (χ3n) is 2.52. The highest BCUT2D eigenvalue weighted by Gasteiger charge is 2.20. The van der Waals surface area contributed by atoms with E-state index in [1.807, 2.05) is 0 Å². The van der Waals surface area contributed by atoms with Gasteiger partial charge in [-0.2, -0.15) is 0 Å². The van der Waals surface area contributed by atoms with Crippen LogP contribution in [0.1, 0.15) is 39.0 Å². The van der Waals surface area contributed by atoms with Crippen molar-refractivity contribution in [2.45, 2.75) is 39.0 Å². The van der Waals surface area contributed by atoms with Crippen molar-refractivity contribution in [3.63, 3.8) is 0 Å². The predicted molar refractivity (Wildman–Crippen MR) is 61.6 cm³/mol. The van der Waals surface area contributed by atoms with Gasteiger partial charge in [-0.3, -0.25) is 0 Å². The van der Waals surface area contributed by atoms with E-state index in [-0.39, 0.29) is 6.42 Å². The van der Waals surface area contributed by atoms with Gasteiger partial charge in [-0.05, 0) is 12.8 Å². The number of likely N-dealkylation sites (N-methyl/N-ethyl adjacent to an activating group) is 1. The molecule has 0 amide bonds. The zero-order valence-corrected chi connectivity index (χ0v) is 10.8. The molecule has 16 heavy (non-hydrogen) atoms. The number of carbonyl (C=O) groups excluding carboxylic acids is 1. The molecule has 1 rings (SSSR count). The molecule has 0 unspecified atom stereocenters. The van der Waals surface area contributed by atoms with E-state index in [0.717, 1.165) is 43.5 Å². The van der Waals surface area contributed by atoms with Crippen molar-refractivity contribution in [2.24, 2.45) is 0 Å². The fourth-order valence-corrected chi connectivity index (χ4v) is 1.38. The summed E-state index contributed by atoms with van der Waals surface area (Å²) >= 11 is 0. The van der Waals surface area contributed by atoms with E-state index >= 15 is 0 Å². The quantitative estimate of drug-likeness (QED) is 0.518. The Balaban J connectivity index is 0.000000288. The number of quaternary nitrogens is 1. The lowest BCUT2D eigenvalue weighted by atomic mass is 10.2. The summed E-state index contributed by atoms with van der Waals surface area (Å²) in [6.07, 6.45) is 4.29. The molecule has 1 saturated heterocycles. The first-order chi connectivity index (χ1) is 7.48. The Morgan fingerprint density at radius 3 is 2.31 bits per heavy atom. The number of ether oxygens (including phenoxy) is 1. The molecule has 0 aromatic rings. The predicted octanol–water partition coefficient (Wildman–Crippen LogP) is 0.757. The van der Waals surface area contributed by atoms with Crippen LogP contribution in [0.25, 0.3) is 0 Å². The summed E-state index contributed by atoms with van der Waals surface area (Å²) in [5.41, 5.74) is 0. The Morgan fingerprint density at radius 1 is 1.31 bits per heavy atom. The lowest BCUT2D eigenvalue weighted by Crippen LogP contribution is -2.35. The topological polar surface area (TPSA) is 49.4 Å². The first kappa shape index (κ1) is 15.4. The average molecular weight is 231 g/mol. The van der Waals surface area contributed by atoms with Gasteiger partial charge in [0.05, 0.1) is 14.1 Å². The lowest BCUT2D eigenvalue weighted by molar-refractivity contribution is -0.887. The molecule has 1 heterocycles. The second kappa shape index (κ2) is 8.53. The summed E-state index contributed by atoms with van der Waals surface area (Å²) in [6.45, 7) is 5.09. The maximum absolute atomic E-state index is 9.85. The van der Waals surface area contributed by atoms with Gasteiger partial charge in [-0.15, -0.1) is 0 Å². The van der Waals surface area contributed by atoms with Gasteiger partial charge in [0.1, 0.15) is 13.2 Å². The third kappa shape index (κ3) is 9.93. The van der Waals surface area contributed by atoms with Gasteiger partial charge in [0, 0.05) is 5.97 Å². The van der Waals surface area contributed by atoms with Crippen LogP contribution in [0.15, 0.2) is 0 Å². The minimum Gasteiger partial charge on any atom is -0.550 e. The van der Waals surface area contributed by atoms with Crippen molar-refractivity contribution in [3.8, 4) is 0 Å². The molecule has 1 aliphatic rings. The first-order valence-corrected chi connectivity index (χ1v) is 6.07. The Bertz CT molecular complexity index is 185. The zero-order valence-electron chi connectivity index (χ0n) is 10.8. The molecule has 4 heteroatoms. The minimum absolute atomic E-state index is 0.222. The molecule has 1 aliphatic heterocycles. The Morgan fingerprint density at radius 2 is 2.00 bits per heavy atom. The molecule has 0 aromatic heterocycles. The van der Waals surface area contributed by atoms with Gasteiger partial charge in [-0.25, -0.2) is 0 Å². The molecule has 0 aliphatic carbocycles. The summed E-state index contributed by atoms with van der Waals surface area (Å²) in [5.74, 6) is -0.925. The molecule has 0 saturated carbocycles. The number of carbonyl (C=O) groups is 1. The highest BCUT2D eigenvalue weighted by atomic mass is 16.5. The maximum atomic E-state index is 9.85. The number of rotatable bonds is 5. The monoisotopic (exact) mass is 231 g/mol. The molecule has 0 spiro atoms. The number of carboxylic acid groups (broad SMARTS) is 1. The van der Waals surface area contributed by atoms with Crippen molar-refractivity contribution in [1.82, 2.24) is 0 Å². The molecule has 0 radical (unpaired) electrons. The number of hydrogen-bond acceptors (Lipinski definition) is 3. The number of aliphatic carboxylic acids is 1. The van der Waals surface area contributed by atoms with Gasteiger partial charge >= 0.3 is 0 Å². The van der Waals surface area contributed by atoms with E-state index < -0.39 is 5.97 Å². The number of unbranched alkanes of at least 4 members (excludes halogenated alkanes) is 3. The van der Waals surface area contributed by atoms with Gasteiger partial charge in [0.2, 0.25) is 0 Å². The van der Waals surface area contributed by atoms with Crippen LogP contribution in [-0.4, -0.2) is 44.4 Å².